The maximum absolute atomic E-state index is 5.68. The Labute approximate surface area is 111 Å². The lowest BCUT2D eigenvalue weighted by atomic mass is 10.0. The maximum atomic E-state index is 5.68. The number of methoxy groups -OCH3 is 1. The van der Waals surface area contributed by atoms with E-state index in [0.29, 0.717) is 6.54 Å². The van der Waals surface area contributed by atoms with E-state index in [-0.39, 0.29) is 0 Å². The molecule has 1 heterocycles. The van der Waals surface area contributed by atoms with Gasteiger partial charge in [0, 0.05) is 5.39 Å². The molecule has 1 aromatic heterocycles. The van der Waals surface area contributed by atoms with Crippen molar-refractivity contribution in [3.63, 3.8) is 0 Å². The highest BCUT2D eigenvalue weighted by Crippen LogP contribution is 2.34. The summed E-state index contributed by atoms with van der Waals surface area (Å²) in [6.45, 7) is 0.387. The Hall–Kier alpha value is -2.26. The van der Waals surface area contributed by atoms with Crippen molar-refractivity contribution in [3.8, 4) is 16.9 Å². The fraction of sp³-hybridized carbons (Fsp3) is 0.125. The minimum Gasteiger partial charge on any atom is -0.493 e. The molecule has 0 atom stereocenters. The van der Waals surface area contributed by atoms with E-state index in [9.17, 15) is 0 Å². The van der Waals surface area contributed by atoms with Crippen molar-refractivity contribution < 1.29 is 9.15 Å². The minimum atomic E-state index is 0.387. The Bertz CT molecular complexity index is 701. The molecule has 0 radical (unpaired) electrons. The van der Waals surface area contributed by atoms with Crippen LogP contribution < -0.4 is 10.5 Å². The summed E-state index contributed by atoms with van der Waals surface area (Å²) in [7, 11) is 1.65. The van der Waals surface area contributed by atoms with Crippen LogP contribution in [-0.4, -0.2) is 7.11 Å². The highest BCUT2D eigenvalue weighted by molar-refractivity contribution is 5.89. The summed E-state index contributed by atoms with van der Waals surface area (Å²) in [6, 6.07) is 16.2. The minimum absolute atomic E-state index is 0.387. The molecule has 3 nitrogen and oxygen atoms in total. The van der Waals surface area contributed by atoms with Crippen molar-refractivity contribution in [2.45, 2.75) is 6.54 Å². The van der Waals surface area contributed by atoms with Crippen LogP contribution in [0.2, 0.25) is 0 Å². The van der Waals surface area contributed by atoms with E-state index in [4.69, 9.17) is 14.9 Å². The quantitative estimate of drug-likeness (QED) is 0.776. The highest BCUT2D eigenvalue weighted by atomic mass is 16.5. The molecule has 19 heavy (non-hydrogen) atoms. The van der Waals surface area contributed by atoms with Gasteiger partial charge in [0.05, 0.1) is 13.7 Å². The summed E-state index contributed by atoms with van der Waals surface area (Å²) in [6.07, 6.45) is 0. The molecule has 96 valence electrons. The first-order valence-electron chi connectivity index (χ1n) is 6.18. The van der Waals surface area contributed by atoms with Gasteiger partial charge in [-0.05, 0) is 29.3 Å². The third-order valence-corrected chi connectivity index (χ3v) is 3.16. The molecule has 0 saturated carbocycles. The van der Waals surface area contributed by atoms with Gasteiger partial charge in [-0.3, -0.25) is 0 Å². The van der Waals surface area contributed by atoms with Crippen LogP contribution in [0, 0.1) is 0 Å². The van der Waals surface area contributed by atoms with Crippen molar-refractivity contribution in [3.05, 3.63) is 54.3 Å². The molecular formula is C16H15NO2. The van der Waals surface area contributed by atoms with Gasteiger partial charge < -0.3 is 14.9 Å². The van der Waals surface area contributed by atoms with Crippen LogP contribution >= 0.6 is 0 Å². The van der Waals surface area contributed by atoms with Crippen LogP contribution in [0.15, 0.2) is 52.9 Å². The third kappa shape index (κ3) is 2.09. The molecule has 3 heteroatoms. The van der Waals surface area contributed by atoms with Crippen molar-refractivity contribution in [2.75, 3.05) is 7.11 Å². The van der Waals surface area contributed by atoms with Crippen LogP contribution in [0.3, 0.4) is 0 Å². The normalized spacial score (nSPS) is 10.8. The van der Waals surface area contributed by atoms with Gasteiger partial charge >= 0.3 is 0 Å². The monoisotopic (exact) mass is 253 g/mol. The number of furan rings is 1. The second-order valence-electron chi connectivity index (χ2n) is 4.38. The van der Waals surface area contributed by atoms with Crippen molar-refractivity contribution in [1.82, 2.24) is 0 Å². The Balaban J connectivity index is 2.22. The van der Waals surface area contributed by atoms with Crippen molar-refractivity contribution in [2.24, 2.45) is 5.73 Å². The first kappa shape index (κ1) is 11.8. The predicted molar refractivity (Wildman–Crippen MR) is 76.1 cm³/mol. The van der Waals surface area contributed by atoms with Gasteiger partial charge in [-0.25, -0.2) is 0 Å². The van der Waals surface area contributed by atoms with E-state index in [1.165, 1.54) is 0 Å². The number of fused-ring (bicyclic) bond motifs is 1. The first-order chi connectivity index (χ1) is 9.31. The van der Waals surface area contributed by atoms with E-state index in [0.717, 1.165) is 33.6 Å². The third-order valence-electron chi connectivity index (χ3n) is 3.16. The maximum Gasteiger partial charge on any atom is 0.176 e. The lowest BCUT2D eigenvalue weighted by Gasteiger charge is -2.05. The topological polar surface area (TPSA) is 48.4 Å². The molecule has 0 spiro atoms. The van der Waals surface area contributed by atoms with Gasteiger partial charge in [0.1, 0.15) is 5.76 Å². The SMILES string of the molecule is COc1cc(-c2ccccc2)cc2cc(CN)oc12. The van der Waals surface area contributed by atoms with E-state index in [1.54, 1.807) is 7.11 Å². The highest BCUT2D eigenvalue weighted by Gasteiger charge is 2.11. The van der Waals surface area contributed by atoms with Crippen LogP contribution in [0.1, 0.15) is 5.76 Å². The molecule has 2 aromatic carbocycles. The number of rotatable bonds is 3. The smallest absolute Gasteiger partial charge is 0.176 e. The number of nitrogens with two attached hydrogens (primary N) is 1. The lowest BCUT2D eigenvalue weighted by molar-refractivity contribution is 0.408. The van der Waals surface area contributed by atoms with Gasteiger partial charge in [-0.2, -0.15) is 0 Å². The molecular weight excluding hydrogens is 238 g/mol. The molecule has 0 bridgehead atoms. The second kappa shape index (κ2) is 4.78. The second-order valence-corrected chi connectivity index (χ2v) is 4.38. The molecule has 2 N–H and O–H groups in total. The van der Waals surface area contributed by atoms with Gasteiger partial charge in [-0.1, -0.05) is 30.3 Å². The predicted octanol–water partition coefficient (Wildman–Crippen LogP) is 3.57. The fourth-order valence-electron chi connectivity index (χ4n) is 2.22. The molecule has 3 aromatic rings. The van der Waals surface area contributed by atoms with Gasteiger partial charge in [-0.15, -0.1) is 0 Å². The van der Waals surface area contributed by atoms with Crippen LogP contribution in [-0.2, 0) is 6.54 Å². The summed E-state index contributed by atoms with van der Waals surface area (Å²) in [5, 5.41) is 1.01. The zero-order chi connectivity index (χ0) is 13.2. The van der Waals surface area contributed by atoms with Crippen molar-refractivity contribution in [1.29, 1.82) is 0 Å². The Morgan fingerprint density at radius 2 is 1.84 bits per heavy atom. The zero-order valence-electron chi connectivity index (χ0n) is 10.7. The summed E-state index contributed by atoms with van der Waals surface area (Å²) < 4.78 is 11.1. The van der Waals surface area contributed by atoms with Gasteiger partial charge in [0.2, 0.25) is 0 Å². The molecule has 3 rings (SSSR count). The Morgan fingerprint density at radius 1 is 1.05 bits per heavy atom. The average Bonchev–Trinajstić information content (AvgIpc) is 2.90. The van der Waals surface area contributed by atoms with E-state index < -0.39 is 0 Å². The molecule has 0 aliphatic carbocycles. The lowest BCUT2D eigenvalue weighted by Crippen LogP contribution is -1.92. The molecule has 0 fully saturated rings. The van der Waals surface area contributed by atoms with Crippen molar-refractivity contribution >= 4 is 11.0 Å². The van der Waals surface area contributed by atoms with Gasteiger partial charge in [0.15, 0.2) is 11.3 Å². The summed E-state index contributed by atoms with van der Waals surface area (Å²) in [4.78, 5) is 0. The van der Waals surface area contributed by atoms with E-state index in [2.05, 4.69) is 18.2 Å². The number of hydrogen-bond donors (Lipinski definition) is 1. The summed E-state index contributed by atoms with van der Waals surface area (Å²) in [5.41, 5.74) is 8.63. The number of hydrogen-bond acceptors (Lipinski definition) is 3. The summed E-state index contributed by atoms with van der Waals surface area (Å²) in [5.74, 6) is 1.49. The van der Waals surface area contributed by atoms with Gasteiger partial charge in [0.25, 0.3) is 0 Å². The Kier molecular flexibility index (Phi) is 2.97. The molecule has 0 saturated heterocycles. The fourth-order valence-corrected chi connectivity index (χ4v) is 2.22. The van der Waals surface area contributed by atoms with Crippen LogP contribution in [0.4, 0.5) is 0 Å². The molecule has 0 aliphatic heterocycles. The zero-order valence-corrected chi connectivity index (χ0v) is 10.7. The first-order valence-corrected chi connectivity index (χ1v) is 6.18. The number of benzene rings is 2. The standard InChI is InChI=1S/C16H15NO2/c1-18-15-9-12(11-5-3-2-4-6-11)7-13-8-14(10-17)19-16(13)15/h2-9H,10,17H2,1H3. The molecule has 0 amide bonds. The Morgan fingerprint density at radius 3 is 2.53 bits per heavy atom. The van der Waals surface area contributed by atoms with E-state index in [1.807, 2.05) is 30.3 Å². The molecule has 0 aliphatic rings. The van der Waals surface area contributed by atoms with E-state index >= 15 is 0 Å². The summed E-state index contributed by atoms with van der Waals surface area (Å²) >= 11 is 0. The van der Waals surface area contributed by atoms with Crippen LogP contribution in [0.5, 0.6) is 5.75 Å². The largest absolute Gasteiger partial charge is 0.493 e. The van der Waals surface area contributed by atoms with Crippen LogP contribution in [0.25, 0.3) is 22.1 Å². The molecule has 0 unspecified atom stereocenters. The number of ether oxygens (including phenoxy) is 1. The average molecular weight is 253 g/mol.